The van der Waals surface area contributed by atoms with Gasteiger partial charge in [0.05, 0.1) is 0 Å². The lowest BCUT2D eigenvalue weighted by molar-refractivity contribution is 1.07. The molecule has 0 saturated carbocycles. The first kappa shape index (κ1) is 13.5. The molecule has 2 aromatic carbocycles. The summed E-state index contributed by atoms with van der Waals surface area (Å²) in [7, 11) is 0. The molecule has 0 bridgehead atoms. The summed E-state index contributed by atoms with van der Waals surface area (Å²) in [6.45, 7) is 5.14. The quantitative estimate of drug-likeness (QED) is 0.730. The molecule has 0 unspecified atom stereocenters. The van der Waals surface area contributed by atoms with Crippen LogP contribution in [-0.4, -0.2) is 4.57 Å². The van der Waals surface area contributed by atoms with Gasteiger partial charge in [-0.05, 0) is 55.3 Å². The van der Waals surface area contributed by atoms with Gasteiger partial charge in [0.1, 0.15) is 0 Å². The normalized spacial score (nSPS) is 10.6. The van der Waals surface area contributed by atoms with E-state index in [9.17, 15) is 0 Å². The average Bonchev–Trinajstić information content (AvgIpc) is 3.03. The van der Waals surface area contributed by atoms with E-state index in [1.54, 1.807) is 0 Å². The van der Waals surface area contributed by atoms with Gasteiger partial charge in [0.15, 0.2) is 0 Å². The first-order chi connectivity index (χ1) is 10.2. The van der Waals surface area contributed by atoms with E-state index in [4.69, 9.17) is 0 Å². The average molecular weight is 276 g/mol. The predicted molar refractivity (Wildman–Crippen MR) is 89.0 cm³/mol. The maximum absolute atomic E-state index is 3.52. The summed E-state index contributed by atoms with van der Waals surface area (Å²) in [5.41, 5.74) is 6.29. The molecule has 0 fully saturated rings. The maximum Gasteiger partial charge on any atom is 0.0469 e. The largest absolute Gasteiger partial charge is 0.381 e. The van der Waals surface area contributed by atoms with Crippen molar-refractivity contribution >= 4 is 5.69 Å². The van der Waals surface area contributed by atoms with Gasteiger partial charge in [0.25, 0.3) is 0 Å². The molecule has 0 saturated heterocycles. The monoisotopic (exact) mass is 276 g/mol. The van der Waals surface area contributed by atoms with Crippen molar-refractivity contribution in [2.24, 2.45) is 0 Å². The second-order valence-electron chi connectivity index (χ2n) is 5.42. The molecule has 3 rings (SSSR count). The minimum Gasteiger partial charge on any atom is -0.381 e. The highest BCUT2D eigenvalue weighted by Crippen LogP contribution is 2.17. The van der Waals surface area contributed by atoms with Crippen molar-refractivity contribution in [1.82, 2.24) is 4.57 Å². The first-order valence-corrected chi connectivity index (χ1v) is 7.26. The Kier molecular flexibility index (Phi) is 3.78. The van der Waals surface area contributed by atoms with Crippen molar-refractivity contribution in [3.05, 3.63) is 83.7 Å². The molecule has 0 amide bonds. The SMILES string of the molecule is Cc1ccc(C)c(CNc2cccc(-n3cccc3)c2)c1. The van der Waals surface area contributed by atoms with Crippen molar-refractivity contribution in [2.75, 3.05) is 5.32 Å². The number of hydrogen-bond acceptors (Lipinski definition) is 1. The van der Waals surface area contributed by atoms with Crippen LogP contribution in [0.15, 0.2) is 67.0 Å². The highest BCUT2D eigenvalue weighted by Gasteiger charge is 2.01. The summed E-state index contributed by atoms with van der Waals surface area (Å²) < 4.78 is 2.11. The van der Waals surface area contributed by atoms with Crippen molar-refractivity contribution in [1.29, 1.82) is 0 Å². The van der Waals surface area contributed by atoms with Crippen molar-refractivity contribution in [2.45, 2.75) is 20.4 Å². The standard InChI is InChI=1S/C19H20N2/c1-15-8-9-16(2)17(12-15)14-20-18-6-5-7-19(13-18)21-10-3-4-11-21/h3-13,20H,14H2,1-2H3. The van der Waals surface area contributed by atoms with Crippen LogP contribution in [0.5, 0.6) is 0 Å². The maximum atomic E-state index is 3.52. The van der Waals surface area contributed by atoms with E-state index in [0.717, 1.165) is 12.2 Å². The number of aryl methyl sites for hydroxylation is 2. The Morgan fingerprint density at radius 2 is 1.71 bits per heavy atom. The van der Waals surface area contributed by atoms with Gasteiger partial charge in [-0.15, -0.1) is 0 Å². The Balaban J connectivity index is 1.76. The Morgan fingerprint density at radius 3 is 2.52 bits per heavy atom. The van der Waals surface area contributed by atoms with Gasteiger partial charge in [0, 0.05) is 30.3 Å². The number of hydrogen-bond donors (Lipinski definition) is 1. The van der Waals surface area contributed by atoms with Crippen LogP contribution in [0.2, 0.25) is 0 Å². The molecule has 2 nitrogen and oxygen atoms in total. The Labute approximate surface area is 126 Å². The molecule has 21 heavy (non-hydrogen) atoms. The van der Waals surface area contributed by atoms with E-state index in [1.807, 2.05) is 12.1 Å². The number of anilines is 1. The number of rotatable bonds is 4. The second kappa shape index (κ2) is 5.88. The molecule has 2 heteroatoms. The van der Waals surface area contributed by atoms with E-state index < -0.39 is 0 Å². The van der Waals surface area contributed by atoms with Crippen LogP contribution in [0.1, 0.15) is 16.7 Å². The smallest absolute Gasteiger partial charge is 0.0469 e. The second-order valence-corrected chi connectivity index (χ2v) is 5.42. The minimum atomic E-state index is 0.850. The van der Waals surface area contributed by atoms with Crippen LogP contribution in [0, 0.1) is 13.8 Å². The van der Waals surface area contributed by atoms with Gasteiger partial charge in [-0.2, -0.15) is 0 Å². The van der Waals surface area contributed by atoms with E-state index in [2.05, 4.69) is 78.6 Å². The van der Waals surface area contributed by atoms with Crippen molar-refractivity contribution in [3.8, 4) is 5.69 Å². The summed E-state index contributed by atoms with van der Waals surface area (Å²) in [6, 6.07) is 19.1. The summed E-state index contributed by atoms with van der Waals surface area (Å²) in [6.07, 6.45) is 4.12. The molecular formula is C19H20N2. The van der Waals surface area contributed by atoms with Crippen LogP contribution in [-0.2, 0) is 6.54 Å². The molecule has 0 radical (unpaired) electrons. The van der Waals surface area contributed by atoms with Gasteiger partial charge in [-0.25, -0.2) is 0 Å². The zero-order chi connectivity index (χ0) is 14.7. The zero-order valence-corrected chi connectivity index (χ0v) is 12.5. The number of benzene rings is 2. The highest BCUT2D eigenvalue weighted by atomic mass is 14.9. The Hall–Kier alpha value is -2.48. The molecule has 1 aromatic heterocycles. The third-order valence-electron chi connectivity index (χ3n) is 3.74. The van der Waals surface area contributed by atoms with E-state index in [-0.39, 0.29) is 0 Å². The Bertz CT molecular complexity index is 727. The lowest BCUT2D eigenvalue weighted by Gasteiger charge is -2.11. The summed E-state index contributed by atoms with van der Waals surface area (Å²) in [5, 5.41) is 3.52. The van der Waals surface area contributed by atoms with Crippen LogP contribution in [0.25, 0.3) is 5.69 Å². The molecule has 1 N–H and O–H groups in total. The molecule has 0 atom stereocenters. The molecule has 0 aliphatic carbocycles. The number of nitrogens with one attached hydrogen (secondary N) is 1. The number of aromatic nitrogens is 1. The third kappa shape index (κ3) is 3.16. The first-order valence-electron chi connectivity index (χ1n) is 7.26. The van der Waals surface area contributed by atoms with Gasteiger partial charge >= 0.3 is 0 Å². The fourth-order valence-corrected chi connectivity index (χ4v) is 2.47. The van der Waals surface area contributed by atoms with E-state index in [1.165, 1.54) is 22.4 Å². The van der Waals surface area contributed by atoms with Gasteiger partial charge in [-0.3, -0.25) is 0 Å². The highest BCUT2D eigenvalue weighted by molar-refractivity contribution is 5.52. The minimum absolute atomic E-state index is 0.850. The molecule has 1 heterocycles. The van der Waals surface area contributed by atoms with Crippen LogP contribution in [0.3, 0.4) is 0 Å². The summed E-state index contributed by atoms with van der Waals surface area (Å²) >= 11 is 0. The molecule has 0 aliphatic rings. The molecule has 3 aromatic rings. The fourth-order valence-electron chi connectivity index (χ4n) is 2.47. The van der Waals surface area contributed by atoms with Gasteiger partial charge in [0.2, 0.25) is 0 Å². The molecular weight excluding hydrogens is 256 g/mol. The predicted octanol–water partition coefficient (Wildman–Crippen LogP) is 4.71. The van der Waals surface area contributed by atoms with Gasteiger partial charge in [-0.1, -0.05) is 29.8 Å². The van der Waals surface area contributed by atoms with Crippen LogP contribution < -0.4 is 5.32 Å². The summed E-state index contributed by atoms with van der Waals surface area (Å²) in [5.74, 6) is 0. The summed E-state index contributed by atoms with van der Waals surface area (Å²) in [4.78, 5) is 0. The zero-order valence-electron chi connectivity index (χ0n) is 12.5. The van der Waals surface area contributed by atoms with Crippen molar-refractivity contribution in [3.63, 3.8) is 0 Å². The van der Waals surface area contributed by atoms with Crippen molar-refractivity contribution < 1.29 is 0 Å². The van der Waals surface area contributed by atoms with Crippen LogP contribution >= 0.6 is 0 Å². The Morgan fingerprint density at radius 1 is 0.905 bits per heavy atom. The topological polar surface area (TPSA) is 17.0 Å². The molecule has 0 spiro atoms. The lowest BCUT2D eigenvalue weighted by atomic mass is 10.1. The third-order valence-corrected chi connectivity index (χ3v) is 3.74. The van der Waals surface area contributed by atoms with Crippen LogP contribution in [0.4, 0.5) is 5.69 Å². The lowest BCUT2D eigenvalue weighted by Crippen LogP contribution is -2.02. The molecule has 106 valence electrons. The van der Waals surface area contributed by atoms with Gasteiger partial charge < -0.3 is 9.88 Å². The van der Waals surface area contributed by atoms with E-state index in [0.29, 0.717) is 0 Å². The fraction of sp³-hybridized carbons (Fsp3) is 0.158. The molecule has 0 aliphatic heterocycles. The van der Waals surface area contributed by atoms with E-state index >= 15 is 0 Å². The number of nitrogens with zero attached hydrogens (tertiary/aromatic N) is 1.